The smallest absolute Gasteiger partial charge is 0.177 e. The highest BCUT2D eigenvalue weighted by Crippen LogP contribution is 2.15. The Labute approximate surface area is 106 Å². The summed E-state index contributed by atoms with van der Waals surface area (Å²) in [6.45, 7) is 1.50. The van der Waals surface area contributed by atoms with Crippen LogP contribution in [0, 0.1) is 0 Å². The lowest BCUT2D eigenvalue weighted by Crippen LogP contribution is -2.29. The third kappa shape index (κ3) is 2.72. The molecule has 0 amide bonds. The van der Waals surface area contributed by atoms with Crippen molar-refractivity contribution in [1.82, 2.24) is 10.5 Å². The second kappa shape index (κ2) is 5.52. The quantitative estimate of drug-likeness (QED) is 0.815. The van der Waals surface area contributed by atoms with Crippen molar-refractivity contribution in [2.24, 2.45) is 0 Å². The number of rotatable bonds is 4. The number of aromatic nitrogens is 1. The number of benzene rings is 1. The van der Waals surface area contributed by atoms with E-state index in [0.717, 1.165) is 25.0 Å². The van der Waals surface area contributed by atoms with Gasteiger partial charge in [-0.05, 0) is 35.9 Å². The molecule has 0 radical (unpaired) electrons. The van der Waals surface area contributed by atoms with Crippen LogP contribution < -0.4 is 5.48 Å². The predicted octanol–water partition coefficient (Wildman–Crippen LogP) is 2.72. The number of fused-ring (bicyclic) bond motifs is 1. The van der Waals surface area contributed by atoms with Gasteiger partial charge < -0.3 is 9.72 Å². The van der Waals surface area contributed by atoms with Gasteiger partial charge in [0.2, 0.25) is 0 Å². The Balaban J connectivity index is 1.52. The average Bonchev–Trinajstić information content (AvgIpc) is 2.87. The summed E-state index contributed by atoms with van der Waals surface area (Å²) in [7, 11) is 0. The van der Waals surface area contributed by atoms with E-state index in [2.05, 4.69) is 34.7 Å². The molecule has 1 unspecified atom stereocenters. The molecule has 0 aliphatic carbocycles. The number of aromatic amines is 1. The molecule has 1 aliphatic heterocycles. The molecule has 4 nitrogen and oxygen atoms in total. The Hall–Kier alpha value is -1.36. The van der Waals surface area contributed by atoms with Gasteiger partial charge in [0.05, 0.1) is 0 Å². The minimum atomic E-state index is -0.0898. The maximum atomic E-state index is 5.50. The molecule has 3 rings (SSSR count). The van der Waals surface area contributed by atoms with Crippen molar-refractivity contribution in [1.29, 1.82) is 0 Å². The first kappa shape index (κ1) is 11.7. The minimum Gasteiger partial charge on any atom is -0.361 e. The van der Waals surface area contributed by atoms with Crippen LogP contribution in [0.3, 0.4) is 0 Å². The zero-order valence-electron chi connectivity index (χ0n) is 10.3. The van der Waals surface area contributed by atoms with Crippen LogP contribution in [0.2, 0.25) is 0 Å². The summed E-state index contributed by atoms with van der Waals surface area (Å²) in [4.78, 5) is 8.70. The van der Waals surface area contributed by atoms with E-state index >= 15 is 0 Å². The highest BCUT2D eigenvalue weighted by atomic mass is 16.8. The highest BCUT2D eigenvalue weighted by Gasteiger charge is 2.13. The minimum absolute atomic E-state index is 0.0898. The Morgan fingerprint density at radius 3 is 3.22 bits per heavy atom. The molecule has 0 saturated carbocycles. The summed E-state index contributed by atoms with van der Waals surface area (Å²) in [6.07, 6.45) is 5.16. The summed E-state index contributed by atoms with van der Waals surface area (Å²) in [5, 5.41) is 1.23. The molecule has 0 bridgehead atoms. The summed E-state index contributed by atoms with van der Waals surface area (Å²) < 4.78 is 5.48. The van der Waals surface area contributed by atoms with Gasteiger partial charge in [-0.25, -0.2) is 0 Å². The molecule has 2 heterocycles. The Bertz CT molecular complexity index is 503. The number of hydrogen-bond donors (Lipinski definition) is 2. The molecule has 4 heteroatoms. The third-order valence-corrected chi connectivity index (χ3v) is 3.25. The molecule has 1 aromatic heterocycles. The lowest BCUT2D eigenvalue weighted by molar-refractivity contribution is -0.198. The van der Waals surface area contributed by atoms with Gasteiger partial charge in [-0.2, -0.15) is 5.48 Å². The third-order valence-electron chi connectivity index (χ3n) is 3.25. The summed E-state index contributed by atoms with van der Waals surface area (Å²) in [5.41, 5.74) is 5.34. The summed E-state index contributed by atoms with van der Waals surface area (Å²) in [6, 6.07) is 8.42. The van der Waals surface area contributed by atoms with E-state index in [-0.39, 0.29) is 6.29 Å². The van der Waals surface area contributed by atoms with Crippen molar-refractivity contribution in [3.05, 3.63) is 36.0 Å². The number of H-pyrrole nitrogens is 1. The van der Waals surface area contributed by atoms with E-state index in [1.165, 1.54) is 17.4 Å². The van der Waals surface area contributed by atoms with Crippen molar-refractivity contribution < 1.29 is 9.57 Å². The SMILES string of the molecule is c1cc2ccc(CNOC3CCCCO3)cc2[nH]1. The van der Waals surface area contributed by atoms with Crippen molar-refractivity contribution in [2.45, 2.75) is 32.1 Å². The first-order valence-electron chi connectivity index (χ1n) is 6.48. The lowest BCUT2D eigenvalue weighted by atomic mass is 10.2. The topological polar surface area (TPSA) is 46.3 Å². The van der Waals surface area contributed by atoms with Gasteiger partial charge in [-0.3, -0.25) is 4.84 Å². The maximum Gasteiger partial charge on any atom is 0.177 e. The number of hydrogen-bond acceptors (Lipinski definition) is 3. The Morgan fingerprint density at radius 1 is 1.33 bits per heavy atom. The monoisotopic (exact) mass is 246 g/mol. The van der Waals surface area contributed by atoms with Gasteiger partial charge in [0.25, 0.3) is 0 Å². The van der Waals surface area contributed by atoms with Crippen LogP contribution in [-0.2, 0) is 16.1 Å². The molecule has 2 aromatic rings. The average molecular weight is 246 g/mol. The fourth-order valence-electron chi connectivity index (χ4n) is 2.23. The molecular weight excluding hydrogens is 228 g/mol. The number of ether oxygens (including phenoxy) is 1. The van der Waals surface area contributed by atoms with E-state index < -0.39 is 0 Å². The molecule has 0 spiro atoms. The normalized spacial score (nSPS) is 20.3. The summed E-state index contributed by atoms with van der Waals surface area (Å²) in [5.74, 6) is 0. The van der Waals surface area contributed by atoms with Gasteiger partial charge in [-0.1, -0.05) is 12.1 Å². The van der Waals surface area contributed by atoms with Crippen LogP contribution in [0.4, 0.5) is 0 Å². The molecule has 1 aromatic carbocycles. The Kier molecular flexibility index (Phi) is 3.59. The fraction of sp³-hybridized carbons (Fsp3) is 0.429. The molecule has 1 saturated heterocycles. The molecule has 2 N–H and O–H groups in total. The molecule has 1 aliphatic rings. The molecular formula is C14H18N2O2. The fourth-order valence-corrected chi connectivity index (χ4v) is 2.23. The number of nitrogens with one attached hydrogen (secondary N) is 2. The zero-order valence-corrected chi connectivity index (χ0v) is 10.3. The number of hydroxylamine groups is 1. The Morgan fingerprint density at radius 2 is 2.33 bits per heavy atom. The van der Waals surface area contributed by atoms with Crippen LogP contribution in [0.5, 0.6) is 0 Å². The van der Waals surface area contributed by atoms with Gasteiger partial charge in [0.15, 0.2) is 6.29 Å². The van der Waals surface area contributed by atoms with Crippen molar-refractivity contribution >= 4 is 10.9 Å². The maximum absolute atomic E-state index is 5.50. The molecule has 1 atom stereocenters. The van der Waals surface area contributed by atoms with E-state index in [0.29, 0.717) is 6.54 Å². The van der Waals surface area contributed by atoms with Gasteiger partial charge in [0, 0.05) is 31.3 Å². The van der Waals surface area contributed by atoms with Crippen molar-refractivity contribution in [3.63, 3.8) is 0 Å². The lowest BCUT2D eigenvalue weighted by Gasteiger charge is -2.22. The van der Waals surface area contributed by atoms with E-state index in [4.69, 9.17) is 9.57 Å². The first-order chi connectivity index (χ1) is 8.92. The van der Waals surface area contributed by atoms with Gasteiger partial charge >= 0.3 is 0 Å². The van der Waals surface area contributed by atoms with Crippen LogP contribution >= 0.6 is 0 Å². The summed E-state index contributed by atoms with van der Waals surface area (Å²) >= 11 is 0. The van der Waals surface area contributed by atoms with E-state index in [1.54, 1.807) is 0 Å². The predicted molar refractivity (Wildman–Crippen MR) is 69.8 cm³/mol. The molecule has 18 heavy (non-hydrogen) atoms. The van der Waals surface area contributed by atoms with E-state index in [9.17, 15) is 0 Å². The van der Waals surface area contributed by atoms with Crippen molar-refractivity contribution in [3.8, 4) is 0 Å². The van der Waals surface area contributed by atoms with Gasteiger partial charge in [0.1, 0.15) is 0 Å². The van der Waals surface area contributed by atoms with Crippen LogP contribution in [-0.4, -0.2) is 17.9 Å². The van der Waals surface area contributed by atoms with E-state index in [1.807, 2.05) is 6.20 Å². The van der Waals surface area contributed by atoms with Crippen molar-refractivity contribution in [2.75, 3.05) is 6.61 Å². The largest absolute Gasteiger partial charge is 0.361 e. The second-order valence-electron chi connectivity index (χ2n) is 4.63. The van der Waals surface area contributed by atoms with Crippen LogP contribution in [0.1, 0.15) is 24.8 Å². The highest BCUT2D eigenvalue weighted by molar-refractivity contribution is 5.79. The van der Waals surface area contributed by atoms with Crippen LogP contribution in [0.25, 0.3) is 10.9 Å². The van der Waals surface area contributed by atoms with Crippen LogP contribution in [0.15, 0.2) is 30.5 Å². The molecule has 96 valence electrons. The molecule has 1 fully saturated rings. The van der Waals surface area contributed by atoms with Gasteiger partial charge in [-0.15, -0.1) is 0 Å². The standard InChI is InChI=1S/C14H18N2O2/c1-2-8-17-14(3-1)18-16-10-11-4-5-12-6-7-15-13(12)9-11/h4-7,9,14-16H,1-3,8,10H2. The second-order valence-corrected chi connectivity index (χ2v) is 4.63. The first-order valence-corrected chi connectivity index (χ1v) is 6.48. The zero-order chi connectivity index (χ0) is 12.2.